The normalized spacial score (nSPS) is 19.2. The van der Waals surface area contributed by atoms with E-state index < -0.39 is 12.0 Å². The summed E-state index contributed by atoms with van der Waals surface area (Å²) in [5.74, 6) is -0.917. The van der Waals surface area contributed by atoms with Crippen LogP contribution in [0.15, 0.2) is 72.1 Å². The van der Waals surface area contributed by atoms with E-state index in [1.807, 2.05) is 42.2 Å². The molecule has 0 spiro atoms. The SMILES string of the molecule is Cc1cc(N2c3ccccc3C=NC2C2(c3ccc(F)cc3)OC=CO2)n[nH]1. The maximum atomic E-state index is 13.5. The molecule has 1 aromatic heterocycles. The first kappa shape index (κ1) is 16.6. The molecule has 1 unspecified atom stereocenters. The number of para-hydroxylation sites is 1. The second kappa shape index (κ2) is 6.23. The first-order valence-corrected chi connectivity index (χ1v) is 8.87. The molecular weight excluding hydrogens is 359 g/mol. The van der Waals surface area contributed by atoms with Crippen LogP contribution in [-0.4, -0.2) is 22.6 Å². The molecule has 0 saturated heterocycles. The van der Waals surface area contributed by atoms with Gasteiger partial charge in [-0.3, -0.25) is 15.0 Å². The number of benzene rings is 2. The molecule has 0 fully saturated rings. The minimum atomic E-state index is -1.27. The van der Waals surface area contributed by atoms with Gasteiger partial charge in [-0.2, -0.15) is 5.10 Å². The molecule has 5 rings (SSSR count). The smallest absolute Gasteiger partial charge is 0.319 e. The third-order valence-electron chi connectivity index (χ3n) is 4.86. The number of H-pyrrole nitrogens is 1. The monoisotopic (exact) mass is 376 g/mol. The Labute approximate surface area is 160 Å². The van der Waals surface area contributed by atoms with Gasteiger partial charge in [0.05, 0.1) is 5.69 Å². The Bertz CT molecular complexity index is 1070. The predicted octanol–water partition coefficient (Wildman–Crippen LogP) is 4.12. The van der Waals surface area contributed by atoms with Crippen LogP contribution in [0, 0.1) is 12.7 Å². The molecule has 2 aromatic carbocycles. The fourth-order valence-corrected chi connectivity index (χ4v) is 3.58. The predicted molar refractivity (Wildman–Crippen MR) is 103 cm³/mol. The van der Waals surface area contributed by atoms with Crippen molar-refractivity contribution in [3.63, 3.8) is 0 Å². The number of nitrogens with zero attached hydrogens (tertiary/aromatic N) is 3. The Morgan fingerprint density at radius 2 is 1.82 bits per heavy atom. The highest BCUT2D eigenvalue weighted by molar-refractivity contribution is 5.92. The molecule has 3 aromatic rings. The number of nitrogens with one attached hydrogen (secondary N) is 1. The lowest BCUT2D eigenvalue weighted by molar-refractivity contribution is -0.164. The maximum Gasteiger partial charge on any atom is 0.319 e. The van der Waals surface area contributed by atoms with E-state index in [0.717, 1.165) is 16.9 Å². The van der Waals surface area contributed by atoms with Crippen LogP contribution in [0.3, 0.4) is 0 Å². The van der Waals surface area contributed by atoms with Crippen LogP contribution in [0.5, 0.6) is 0 Å². The second-order valence-corrected chi connectivity index (χ2v) is 6.67. The topological polar surface area (TPSA) is 62.7 Å². The van der Waals surface area contributed by atoms with Gasteiger partial charge in [-0.1, -0.05) is 18.2 Å². The summed E-state index contributed by atoms with van der Waals surface area (Å²) >= 11 is 0. The van der Waals surface area contributed by atoms with Crippen LogP contribution in [0.4, 0.5) is 15.9 Å². The second-order valence-electron chi connectivity index (χ2n) is 6.67. The average molecular weight is 376 g/mol. The van der Waals surface area contributed by atoms with Crippen molar-refractivity contribution in [1.82, 2.24) is 10.2 Å². The minimum absolute atomic E-state index is 0.331. The van der Waals surface area contributed by atoms with Gasteiger partial charge >= 0.3 is 5.79 Å². The van der Waals surface area contributed by atoms with E-state index in [1.165, 1.54) is 24.7 Å². The third kappa shape index (κ3) is 2.47. The highest BCUT2D eigenvalue weighted by atomic mass is 19.1. The lowest BCUT2D eigenvalue weighted by Gasteiger charge is -2.41. The molecule has 6 nitrogen and oxygen atoms in total. The molecule has 0 aliphatic carbocycles. The molecule has 0 bridgehead atoms. The Kier molecular flexibility index (Phi) is 3.68. The number of hydrogen-bond acceptors (Lipinski definition) is 5. The molecule has 0 saturated carbocycles. The molecule has 3 heterocycles. The summed E-state index contributed by atoms with van der Waals surface area (Å²) in [6, 6.07) is 15.9. The quantitative estimate of drug-likeness (QED) is 0.747. The van der Waals surface area contributed by atoms with Crippen molar-refractivity contribution in [2.75, 3.05) is 4.90 Å². The van der Waals surface area contributed by atoms with E-state index in [-0.39, 0.29) is 5.82 Å². The van der Waals surface area contributed by atoms with Crippen molar-refractivity contribution in [3.8, 4) is 0 Å². The van der Waals surface area contributed by atoms with Gasteiger partial charge in [-0.15, -0.1) is 0 Å². The number of aliphatic imine (C=N–C) groups is 1. The van der Waals surface area contributed by atoms with Crippen molar-refractivity contribution in [3.05, 3.63) is 89.8 Å². The number of halogens is 1. The van der Waals surface area contributed by atoms with Crippen LogP contribution >= 0.6 is 0 Å². The summed E-state index contributed by atoms with van der Waals surface area (Å²) in [5, 5.41) is 7.41. The van der Waals surface area contributed by atoms with Crippen LogP contribution in [0.1, 0.15) is 16.8 Å². The van der Waals surface area contributed by atoms with Crippen molar-refractivity contribution in [2.24, 2.45) is 4.99 Å². The van der Waals surface area contributed by atoms with Gasteiger partial charge < -0.3 is 9.47 Å². The summed E-state index contributed by atoms with van der Waals surface area (Å²) in [6.45, 7) is 1.94. The van der Waals surface area contributed by atoms with Crippen molar-refractivity contribution >= 4 is 17.7 Å². The lowest BCUT2D eigenvalue weighted by Crippen LogP contribution is -2.50. The number of aromatic amines is 1. The summed E-state index contributed by atoms with van der Waals surface area (Å²) in [4.78, 5) is 6.72. The highest BCUT2D eigenvalue weighted by Gasteiger charge is 2.52. The molecule has 2 aliphatic rings. The fraction of sp³-hybridized carbons (Fsp3) is 0.143. The first-order valence-electron chi connectivity index (χ1n) is 8.87. The maximum absolute atomic E-state index is 13.5. The molecule has 0 amide bonds. The zero-order valence-corrected chi connectivity index (χ0v) is 15.0. The Morgan fingerprint density at radius 1 is 1.07 bits per heavy atom. The average Bonchev–Trinajstić information content (AvgIpc) is 3.37. The Balaban J connectivity index is 1.69. The van der Waals surface area contributed by atoms with Crippen molar-refractivity contribution in [2.45, 2.75) is 18.9 Å². The zero-order chi connectivity index (χ0) is 19.1. The standard InChI is InChI=1S/C21H17FN4O2/c1-14-12-19(25-24-14)26-18-5-3-2-4-15(18)13-23-20(26)21(27-10-11-28-21)16-6-8-17(22)9-7-16/h2-13,20H,1H3,(H,24,25). The van der Waals surface area contributed by atoms with Gasteiger partial charge in [0, 0.05) is 29.1 Å². The fourth-order valence-electron chi connectivity index (χ4n) is 3.58. The number of ether oxygens (including phenoxy) is 2. The van der Waals surface area contributed by atoms with Gasteiger partial charge in [-0.05, 0) is 37.3 Å². The first-order chi connectivity index (χ1) is 13.7. The van der Waals surface area contributed by atoms with E-state index in [2.05, 4.69) is 10.2 Å². The van der Waals surface area contributed by atoms with Crippen LogP contribution in [0.2, 0.25) is 0 Å². The lowest BCUT2D eigenvalue weighted by atomic mass is 9.98. The molecular formula is C21H17FN4O2. The molecule has 7 heteroatoms. The minimum Gasteiger partial charge on any atom is -0.449 e. The van der Waals surface area contributed by atoms with E-state index in [9.17, 15) is 4.39 Å². The zero-order valence-electron chi connectivity index (χ0n) is 15.0. The third-order valence-corrected chi connectivity index (χ3v) is 4.86. The van der Waals surface area contributed by atoms with E-state index >= 15 is 0 Å². The number of anilines is 2. The van der Waals surface area contributed by atoms with Crippen molar-refractivity contribution < 1.29 is 13.9 Å². The van der Waals surface area contributed by atoms with Gasteiger partial charge in [-0.25, -0.2) is 4.39 Å². The van der Waals surface area contributed by atoms with E-state index in [4.69, 9.17) is 14.5 Å². The van der Waals surface area contributed by atoms with Crippen molar-refractivity contribution in [1.29, 1.82) is 0 Å². The summed E-state index contributed by atoms with van der Waals surface area (Å²) < 4.78 is 25.5. The highest BCUT2D eigenvalue weighted by Crippen LogP contribution is 2.44. The molecule has 1 atom stereocenters. The molecule has 0 radical (unpaired) electrons. The summed E-state index contributed by atoms with van der Waals surface area (Å²) in [7, 11) is 0. The van der Waals surface area contributed by atoms with E-state index in [1.54, 1.807) is 18.3 Å². The Morgan fingerprint density at radius 3 is 2.54 bits per heavy atom. The number of aromatic nitrogens is 2. The van der Waals surface area contributed by atoms with Gasteiger partial charge in [0.1, 0.15) is 18.3 Å². The largest absolute Gasteiger partial charge is 0.449 e. The van der Waals surface area contributed by atoms with Gasteiger partial charge in [0.15, 0.2) is 5.82 Å². The number of aryl methyl sites for hydroxylation is 1. The van der Waals surface area contributed by atoms with Gasteiger partial charge in [0.25, 0.3) is 0 Å². The van der Waals surface area contributed by atoms with E-state index in [0.29, 0.717) is 11.4 Å². The molecule has 28 heavy (non-hydrogen) atoms. The van der Waals surface area contributed by atoms with Crippen LogP contribution < -0.4 is 4.90 Å². The van der Waals surface area contributed by atoms with Crippen LogP contribution in [0.25, 0.3) is 0 Å². The molecule has 1 N–H and O–H groups in total. The number of hydrogen-bond donors (Lipinski definition) is 1. The molecule has 140 valence electrons. The number of fused-ring (bicyclic) bond motifs is 1. The summed E-state index contributed by atoms with van der Waals surface area (Å²) in [6.07, 6.45) is 4.14. The van der Waals surface area contributed by atoms with Crippen LogP contribution in [-0.2, 0) is 15.3 Å². The van der Waals surface area contributed by atoms with Gasteiger partial charge in [0.2, 0.25) is 6.17 Å². The molecule has 2 aliphatic heterocycles. The number of rotatable bonds is 3. The Hall–Kier alpha value is -3.61. The summed E-state index contributed by atoms with van der Waals surface area (Å²) in [5.41, 5.74) is 3.45.